The number of nitrogens with zero attached hydrogens (tertiary/aromatic N) is 3. The highest BCUT2D eigenvalue weighted by Gasteiger charge is 2.77. The predicted octanol–water partition coefficient (Wildman–Crippen LogP) is 5.32. The lowest BCUT2D eigenvalue weighted by molar-refractivity contribution is 0.268. The zero-order chi connectivity index (χ0) is 18.4. The average Bonchev–Trinajstić information content (AvgIpc) is 3.24. The molecule has 0 radical (unpaired) electrons. The summed E-state index contributed by atoms with van der Waals surface area (Å²) in [6.45, 7) is 11.6. The van der Waals surface area contributed by atoms with E-state index in [1.54, 1.807) is 5.56 Å². The van der Waals surface area contributed by atoms with Gasteiger partial charge >= 0.3 is 0 Å². The first-order valence-corrected chi connectivity index (χ1v) is 9.97. The molecule has 2 aliphatic heterocycles. The first-order chi connectivity index (χ1) is 12.4. The van der Waals surface area contributed by atoms with Crippen LogP contribution in [-0.4, -0.2) is 18.2 Å². The van der Waals surface area contributed by atoms with E-state index >= 15 is 0 Å². The highest BCUT2D eigenvalue weighted by molar-refractivity contribution is 5.86. The van der Waals surface area contributed by atoms with Crippen LogP contribution in [0.3, 0.4) is 0 Å². The molecule has 0 amide bonds. The fourth-order valence-corrected chi connectivity index (χ4v) is 6.35. The SMILES string of the molecule is CCC12CC1(C(C)C)c1ccc(C)cc1N1c3ncc(C)cc3N(C)C12. The molecule has 1 saturated carbocycles. The third-order valence-corrected chi connectivity index (χ3v) is 7.57. The molecule has 0 N–H and O–H groups in total. The normalized spacial score (nSPS) is 30.8. The first-order valence-electron chi connectivity index (χ1n) is 9.97. The Hall–Kier alpha value is -2.03. The highest BCUT2D eigenvalue weighted by atomic mass is 15.5. The Balaban J connectivity index is 1.83. The first kappa shape index (κ1) is 16.2. The van der Waals surface area contributed by atoms with Crippen molar-refractivity contribution in [2.75, 3.05) is 16.8 Å². The van der Waals surface area contributed by atoms with Gasteiger partial charge in [-0.05, 0) is 61.4 Å². The van der Waals surface area contributed by atoms with Crippen LogP contribution < -0.4 is 9.80 Å². The van der Waals surface area contributed by atoms with Crippen LogP contribution in [0.15, 0.2) is 30.5 Å². The van der Waals surface area contributed by atoms with Gasteiger partial charge in [-0.15, -0.1) is 0 Å². The molecule has 3 nitrogen and oxygen atoms in total. The van der Waals surface area contributed by atoms with Crippen molar-refractivity contribution in [1.29, 1.82) is 0 Å². The van der Waals surface area contributed by atoms with E-state index in [1.165, 1.54) is 35.3 Å². The zero-order valence-corrected chi connectivity index (χ0v) is 16.8. The van der Waals surface area contributed by atoms with Gasteiger partial charge in [0.15, 0.2) is 5.82 Å². The van der Waals surface area contributed by atoms with Crippen LogP contribution in [0.4, 0.5) is 17.2 Å². The van der Waals surface area contributed by atoms with Crippen LogP contribution in [0.2, 0.25) is 0 Å². The van der Waals surface area contributed by atoms with Gasteiger partial charge in [-0.1, -0.05) is 32.9 Å². The fourth-order valence-electron chi connectivity index (χ4n) is 6.35. The summed E-state index contributed by atoms with van der Waals surface area (Å²) in [5, 5.41) is 0. The van der Waals surface area contributed by atoms with E-state index in [0.29, 0.717) is 17.5 Å². The Morgan fingerprint density at radius 1 is 1.15 bits per heavy atom. The summed E-state index contributed by atoms with van der Waals surface area (Å²) in [5.41, 5.74) is 7.35. The Bertz CT molecular complexity index is 918. The average molecular weight is 348 g/mol. The van der Waals surface area contributed by atoms with Gasteiger partial charge in [-0.3, -0.25) is 0 Å². The van der Waals surface area contributed by atoms with Gasteiger partial charge < -0.3 is 9.80 Å². The standard InChI is InChI=1S/C23H29N3/c1-7-22-13-23(22,14(2)3)17-9-8-15(4)10-18(17)26-20-19(25(6)21(22)26)11-16(5)12-24-20/h8-12,14,21H,7,13H2,1-6H3. The van der Waals surface area contributed by atoms with Crippen molar-refractivity contribution in [2.24, 2.45) is 11.3 Å². The molecule has 2 aromatic rings. The van der Waals surface area contributed by atoms with Crippen LogP contribution >= 0.6 is 0 Å². The minimum Gasteiger partial charge on any atom is -0.350 e. The van der Waals surface area contributed by atoms with Gasteiger partial charge in [0, 0.05) is 29.8 Å². The maximum absolute atomic E-state index is 4.89. The smallest absolute Gasteiger partial charge is 0.158 e. The summed E-state index contributed by atoms with van der Waals surface area (Å²) in [5.74, 6) is 1.77. The van der Waals surface area contributed by atoms with Crippen molar-refractivity contribution in [3.05, 3.63) is 47.2 Å². The van der Waals surface area contributed by atoms with Crippen LogP contribution in [-0.2, 0) is 5.41 Å². The molecule has 5 rings (SSSR count). The van der Waals surface area contributed by atoms with Gasteiger partial charge in [0.2, 0.25) is 0 Å². The molecule has 3 atom stereocenters. The molecule has 1 aromatic heterocycles. The van der Waals surface area contributed by atoms with Gasteiger partial charge in [0.1, 0.15) is 6.17 Å². The predicted molar refractivity (Wildman–Crippen MR) is 108 cm³/mol. The lowest BCUT2D eigenvalue weighted by Gasteiger charge is -2.47. The van der Waals surface area contributed by atoms with Crippen molar-refractivity contribution >= 4 is 17.2 Å². The Kier molecular flexibility index (Phi) is 3.00. The van der Waals surface area contributed by atoms with E-state index in [9.17, 15) is 0 Å². The molecule has 0 bridgehead atoms. The highest BCUT2D eigenvalue weighted by Crippen LogP contribution is 2.78. The molecule has 3 heteroatoms. The summed E-state index contributed by atoms with van der Waals surface area (Å²) < 4.78 is 0. The number of hydrogen-bond acceptors (Lipinski definition) is 3. The van der Waals surface area contributed by atoms with E-state index in [1.807, 2.05) is 6.20 Å². The summed E-state index contributed by atoms with van der Waals surface area (Å²) in [4.78, 5) is 9.95. The third-order valence-electron chi connectivity index (χ3n) is 7.57. The Labute approximate surface area is 157 Å². The van der Waals surface area contributed by atoms with Gasteiger partial charge in [0.05, 0.1) is 5.69 Å². The van der Waals surface area contributed by atoms with Gasteiger partial charge in [-0.2, -0.15) is 0 Å². The van der Waals surface area contributed by atoms with Gasteiger partial charge in [0.25, 0.3) is 0 Å². The van der Waals surface area contributed by atoms with E-state index < -0.39 is 0 Å². The van der Waals surface area contributed by atoms with Crippen molar-refractivity contribution in [2.45, 2.75) is 59.0 Å². The van der Waals surface area contributed by atoms with Gasteiger partial charge in [-0.25, -0.2) is 4.98 Å². The number of rotatable bonds is 2. The number of benzene rings is 1. The second-order valence-corrected chi connectivity index (χ2v) is 9.04. The van der Waals surface area contributed by atoms with Crippen molar-refractivity contribution < 1.29 is 0 Å². The number of aryl methyl sites for hydroxylation is 2. The minimum absolute atomic E-state index is 0.289. The molecule has 1 aliphatic carbocycles. The summed E-state index contributed by atoms with van der Waals surface area (Å²) in [6.07, 6.45) is 4.87. The minimum atomic E-state index is 0.289. The molecular weight excluding hydrogens is 318 g/mol. The molecule has 1 fully saturated rings. The zero-order valence-electron chi connectivity index (χ0n) is 16.8. The number of hydrogen-bond donors (Lipinski definition) is 0. The van der Waals surface area contributed by atoms with E-state index in [-0.39, 0.29) is 5.41 Å². The van der Waals surface area contributed by atoms with Crippen molar-refractivity contribution in [1.82, 2.24) is 4.98 Å². The maximum Gasteiger partial charge on any atom is 0.158 e. The monoisotopic (exact) mass is 347 g/mol. The topological polar surface area (TPSA) is 19.4 Å². The van der Waals surface area contributed by atoms with Crippen molar-refractivity contribution in [3.63, 3.8) is 0 Å². The number of pyridine rings is 1. The van der Waals surface area contributed by atoms with Crippen LogP contribution in [0.1, 0.15) is 50.3 Å². The van der Waals surface area contributed by atoms with E-state index in [0.717, 1.165) is 5.82 Å². The maximum atomic E-state index is 4.89. The molecule has 3 unspecified atom stereocenters. The number of fused-ring (bicyclic) bond motifs is 8. The second-order valence-electron chi connectivity index (χ2n) is 9.04. The van der Waals surface area contributed by atoms with Crippen LogP contribution in [0, 0.1) is 25.2 Å². The molecule has 3 aliphatic rings. The molecule has 3 heterocycles. The Morgan fingerprint density at radius 2 is 1.88 bits per heavy atom. The van der Waals surface area contributed by atoms with Crippen molar-refractivity contribution in [3.8, 4) is 0 Å². The molecule has 26 heavy (non-hydrogen) atoms. The molecular formula is C23H29N3. The largest absolute Gasteiger partial charge is 0.350 e. The Morgan fingerprint density at radius 3 is 2.58 bits per heavy atom. The quantitative estimate of drug-likeness (QED) is 0.733. The molecule has 1 aromatic carbocycles. The van der Waals surface area contributed by atoms with Crippen LogP contribution in [0.25, 0.3) is 0 Å². The fraction of sp³-hybridized carbons (Fsp3) is 0.522. The molecule has 0 spiro atoms. The number of aromatic nitrogens is 1. The summed E-state index contributed by atoms with van der Waals surface area (Å²) in [7, 11) is 2.27. The second kappa shape index (κ2) is 4.82. The molecule has 136 valence electrons. The molecule has 0 saturated heterocycles. The lowest BCUT2D eigenvalue weighted by Crippen LogP contribution is -2.53. The van der Waals surface area contributed by atoms with E-state index in [4.69, 9.17) is 4.98 Å². The van der Waals surface area contributed by atoms with Crippen LogP contribution in [0.5, 0.6) is 0 Å². The third kappa shape index (κ3) is 1.59. The van der Waals surface area contributed by atoms with E-state index in [2.05, 4.69) is 75.7 Å². The summed E-state index contributed by atoms with van der Waals surface area (Å²) in [6, 6.07) is 9.39. The number of anilines is 3. The summed E-state index contributed by atoms with van der Waals surface area (Å²) >= 11 is 0. The lowest BCUT2D eigenvalue weighted by atomic mass is 9.71.